The number of fused-ring (bicyclic) bond motifs is 1. The lowest BCUT2D eigenvalue weighted by Crippen LogP contribution is -2.24. The van der Waals surface area contributed by atoms with Crippen LogP contribution < -0.4 is 0 Å². The standard InChI is InChI=1S/C14H18O/c15-14(11-8-9-11)13-7-3-5-10-4-1-2-6-12(10)13/h1-2,4,6,11,13-15H,3,5,7-9H2. The van der Waals surface area contributed by atoms with Gasteiger partial charge in [-0.1, -0.05) is 24.3 Å². The van der Waals surface area contributed by atoms with Gasteiger partial charge in [0.15, 0.2) is 0 Å². The molecule has 80 valence electrons. The normalized spacial score (nSPS) is 27.1. The average molecular weight is 202 g/mol. The van der Waals surface area contributed by atoms with Crippen LogP contribution in [0.25, 0.3) is 0 Å². The van der Waals surface area contributed by atoms with Crippen LogP contribution in [0.15, 0.2) is 24.3 Å². The molecule has 1 fully saturated rings. The zero-order valence-corrected chi connectivity index (χ0v) is 9.02. The molecule has 0 heterocycles. The van der Waals surface area contributed by atoms with E-state index in [9.17, 15) is 5.11 Å². The van der Waals surface area contributed by atoms with Gasteiger partial charge in [0, 0.05) is 5.92 Å². The predicted molar refractivity (Wildman–Crippen MR) is 60.9 cm³/mol. The van der Waals surface area contributed by atoms with E-state index >= 15 is 0 Å². The summed E-state index contributed by atoms with van der Waals surface area (Å²) in [6.07, 6.45) is 6.01. The van der Waals surface area contributed by atoms with E-state index in [1.807, 2.05) is 0 Å². The third-order valence-electron chi connectivity index (χ3n) is 3.93. The van der Waals surface area contributed by atoms with Crippen molar-refractivity contribution in [3.05, 3.63) is 35.4 Å². The van der Waals surface area contributed by atoms with Gasteiger partial charge >= 0.3 is 0 Å². The molecule has 1 heteroatoms. The first-order valence-corrected chi connectivity index (χ1v) is 6.12. The lowest BCUT2D eigenvalue weighted by Gasteiger charge is -2.29. The Hall–Kier alpha value is -0.820. The van der Waals surface area contributed by atoms with E-state index in [1.54, 1.807) is 0 Å². The van der Waals surface area contributed by atoms with Crippen molar-refractivity contribution in [1.29, 1.82) is 0 Å². The van der Waals surface area contributed by atoms with E-state index in [-0.39, 0.29) is 6.10 Å². The maximum absolute atomic E-state index is 10.3. The Kier molecular flexibility index (Phi) is 2.28. The predicted octanol–water partition coefficient (Wildman–Crippen LogP) is 2.88. The minimum atomic E-state index is -0.0774. The van der Waals surface area contributed by atoms with E-state index in [0.717, 1.165) is 0 Å². The SMILES string of the molecule is OC(C1CC1)C1CCCc2ccccc21. The number of rotatable bonds is 2. The smallest absolute Gasteiger partial charge is 0.0636 e. The first kappa shape index (κ1) is 9.41. The molecule has 1 aromatic rings. The van der Waals surface area contributed by atoms with Crippen LogP contribution in [0.4, 0.5) is 0 Å². The first-order valence-electron chi connectivity index (χ1n) is 6.12. The Morgan fingerprint density at radius 2 is 1.93 bits per heavy atom. The van der Waals surface area contributed by atoms with E-state index in [4.69, 9.17) is 0 Å². The van der Waals surface area contributed by atoms with Crippen molar-refractivity contribution >= 4 is 0 Å². The number of aliphatic hydroxyl groups excluding tert-OH is 1. The largest absolute Gasteiger partial charge is 0.392 e. The lowest BCUT2D eigenvalue weighted by atomic mass is 9.78. The summed E-state index contributed by atoms with van der Waals surface area (Å²) in [5.41, 5.74) is 2.89. The summed E-state index contributed by atoms with van der Waals surface area (Å²) < 4.78 is 0. The summed E-state index contributed by atoms with van der Waals surface area (Å²) in [7, 11) is 0. The Bertz CT molecular complexity index is 354. The molecule has 15 heavy (non-hydrogen) atoms. The van der Waals surface area contributed by atoms with Crippen molar-refractivity contribution in [3.63, 3.8) is 0 Å². The zero-order valence-electron chi connectivity index (χ0n) is 9.02. The summed E-state index contributed by atoms with van der Waals surface area (Å²) in [5, 5.41) is 10.3. The summed E-state index contributed by atoms with van der Waals surface area (Å²) in [5.74, 6) is 1.02. The van der Waals surface area contributed by atoms with Crippen molar-refractivity contribution < 1.29 is 5.11 Å². The summed E-state index contributed by atoms with van der Waals surface area (Å²) in [4.78, 5) is 0. The van der Waals surface area contributed by atoms with Crippen molar-refractivity contribution in [2.24, 2.45) is 5.92 Å². The van der Waals surface area contributed by atoms with E-state index in [1.165, 1.54) is 43.2 Å². The minimum absolute atomic E-state index is 0.0774. The topological polar surface area (TPSA) is 20.2 Å². The fourth-order valence-electron chi connectivity index (χ4n) is 2.91. The first-order chi connectivity index (χ1) is 7.36. The quantitative estimate of drug-likeness (QED) is 0.782. The van der Waals surface area contributed by atoms with Crippen LogP contribution in [0.3, 0.4) is 0 Å². The fourth-order valence-corrected chi connectivity index (χ4v) is 2.91. The maximum atomic E-state index is 10.3. The Morgan fingerprint density at radius 3 is 2.73 bits per heavy atom. The van der Waals surface area contributed by atoms with E-state index < -0.39 is 0 Å². The monoisotopic (exact) mass is 202 g/mol. The van der Waals surface area contributed by atoms with Crippen LogP contribution in [-0.2, 0) is 6.42 Å². The van der Waals surface area contributed by atoms with Crippen molar-refractivity contribution in [1.82, 2.24) is 0 Å². The van der Waals surface area contributed by atoms with Gasteiger partial charge in [0.2, 0.25) is 0 Å². The number of hydrogen-bond acceptors (Lipinski definition) is 1. The van der Waals surface area contributed by atoms with Gasteiger partial charge in [0.25, 0.3) is 0 Å². The summed E-state index contributed by atoms with van der Waals surface area (Å²) >= 11 is 0. The fraction of sp³-hybridized carbons (Fsp3) is 0.571. The highest BCUT2D eigenvalue weighted by atomic mass is 16.3. The number of aliphatic hydroxyl groups is 1. The summed E-state index contributed by atoms with van der Waals surface area (Å²) in [6.45, 7) is 0. The third kappa shape index (κ3) is 1.69. The Balaban J connectivity index is 1.91. The molecular weight excluding hydrogens is 184 g/mol. The Labute approximate surface area is 91.1 Å². The van der Waals surface area contributed by atoms with Gasteiger partial charge < -0.3 is 5.11 Å². The van der Waals surface area contributed by atoms with Crippen molar-refractivity contribution in [2.45, 2.75) is 44.1 Å². The molecule has 1 nitrogen and oxygen atoms in total. The molecule has 1 aromatic carbocycles. The molecule has 1 saturated carbocycles. The van der Waals surface area contributed by atoms with E-state index in [0.29, 0.717) is 11.8 Å². The van der Waals surface area contributed by atoms with Crippen molar-refractivity contribution in [3.8, 4) is 0 Å². The highest BCUT2D eigenvalue weighted by Crippen LogP contribution is 2.43. The lowest BCUT2D eigenvalue weighted by molar-refractivity contribution is 0.112. The van der Waals surface area contributed by atoms with Gasteiger partial charge in [-0.25, -0.2) is 0 Å². The molecule has 0 spiro atoms. The molecule has 2 atom stereocenters. The third-order valence-corrected chi connectivity index (χ3v) is 3.93. The molecule has 0 amide bonds. The van der Waals surface area contributed by atoms with Gasteiger partial charge in [-0.2, -0.15) is 0 Å². The molecule has 0 bridgehead atoms. The number of benzene rings is 1. The second-order valence-corrected chi connectivity index (χ2v) is 5.03. The summed E-state index contributed by atoms with van der Waals surface area (Å²) in [6, 6.07) is 8.66. The van der Waals surface area contributed by atoms with Crippen LogP contribution in [0.2, 0.25) is 0 Å². The molecule has 0 saturated heterocycles. The van der Waals surface area contributed by atoms with Crippen LogP contribution in [0.1, 0.15) is 42.7 Å². The molecule has 2 aliphatic rings. The molecule has 2 unspecified atom stereocenters. The van der Waals surface area contributed by atoms with Crippen LogP contribution in [-0.4, -0.2) is 11.2 Å². The molecule has 0 aromatic heterocycles. The molecular formula is C14H18O. The van der Waals surface area contributed by atoms with Gasteiger partial charge in [-0.05, 0) is 49.1 Å². The minimum Gasteiger partial charge on any atom is -0.392 e. The van der Waals surface area contributed by atoms with Gasteiger partial charge in [-0.3, -0.25) is 0 Å². The second kappa shape index (κ2) is 3.64. The van der Waals surface area contributed by atoms with Crippen LogP contribution in [0.5, 0.6) is 0 Å². The average Bonchev–Trinajstić information content (AvgIpc) is 3.11. The zero-order chi connectivity index (χ0) is 10.3. The van der Waals surface area contributed by atoms with Gasteiger partial charge in [0.05, 0.1) is 6.10 Å². The molecule has 0 aliphatic heterocycles. The van der Waals surface area contributed by atoms with Crippen LogP contribution >= 0.6 is 0 Å². The molecule has 1 N–H and O–H groups in total. The van der Waals surface area contributed by atoms with Crippen molar-refractivity contribution in [2.75, 3.05) is 0 Å². The number of aryl methyl sites for hydroxylation is 1. The van der Waals surface area contributed by atoms with Gasteiger partial charge in [-0.15, -0.1) is 0 Å². The number of hydrogen-bond donors (Lipinski definition) is 1. The van der Waals surface area contributed by atoms with Gasteiger partial charge in [0.1, 0.15) is 0 Å². The maximum Gasteiger partial charge on any atom is 0.0636 e. The molecule has 0 radical (unpaired) electrons. The van der Waals surface area contributed by atoms with E-state index in [2.05, 4.69) is 24.3 Å². The molecule has 2 aliphatic carbocycles. The Morgan fingerprint density at radius 1 is 1.13 bits per heavy atom. The second-order valence-electron chi connectivity index (χ2n) is 5.03. The molecule has 3 rings (SSSR count). The highest BCUT2D eigenvalue weighted by Gasteiger charge is 2.37. The highest BCUT2D eigenvalue weighted by molar-refractivity contribution is 5.33. The van der Waals surface area contributed by atoms with Crippen LogP contribution in [0, 0.1) is 5.92 Å².